The second-order valence-corrected chi connectivity index (χ2v) is 11.1. The lowest BCUT2D eigenvalue weighted by Crippen LogP contribution is -2.43. The first-order valence-corrected chi connectivity index (χ1v) is 13.4. The quantitative estimate of drug-likeness (QED) is 0.245. The van der Waals surface area contributed by atoms with Crippen molar-refractivity contribution in [1.82, 2.24) is 9.88 Å². The van der Waals surface area contributed by atoms with E-state index in [9.17, 15) is 14.6 Å². The predicted octanol–water partition coefficient (Wildman–Crippen LogP) is 6.55. The van der Waals surface area contributed by atoms with Crippen molar-refractivity contribution >= 4 is 0 Å². The summed E-state index contributed by atoms with van der Waals surface area (Å²) < 4.78 is 29.4. The zero-order valence-electron chi connectivity index (χ0n) is 22.3. The third-order valence-corrected chi connectivity index (χ3v) is 7.39. The van der Waals surface area contributed by atoms with Gasteiger partial charge >= 0.3 is 0 Å². The highest BCUT2D eigenvalue weighted by Crippen LogP contribution is 2.47. The molecular weight excluding hydrogens is 494 g/mol. The van der Waals surface area contributed by atoms with Crippen LogP contribution in [0.4, 0.5) is 8.78 Å². The summed E-state index contributed by atoms with van der Waals surface area (Å²) in [6.07, 6.45) is 1.65. The Hall–Kier alpha value is -3.45. The molecule has 0 saturated heterocycles. The van der Waals surface area contributed by atoms with Gasteiger partial charge in [-0.3, -0.25) is 4.90 Å². The third-order valence-electron chi connectivity index (χ3n) is 7.39. The highest BCUT2D eigenvalue weighted by molar-refractivity contribution is 5.62. The normalized spacial score (nSPS) is 15.4. The van der Waals surface area contributed by atoms with Crippen LogP contribution in [0.25, 0.3) is 11.3 Å². The van der Waals surface area contributed by atoms with E-state index in [0.717, 1.165) is 24.0 Å². The molecule has 5 rings (SSSR count). The molecule has 0 bridgehead atoms. The number of halogens is 2. The molecule has 4 aromatic rings. The van der Waals surface area contributed by atoms with Gasteiger partial charge in [0, 0.05) is 30.8 Å². The summed E-state index contributed by atoms with van der Waals surface area (Å²) in [4.78, 5) is 6.85. The minimum Gasteiger partial charge on any atom is -0.386 e. The van der Waals surface area contributed by atoms with Gasteiger partial charge in [0.1, 0.15) is 17.1 Å². The van der Waals surface area contributed by atoms with Crippen molar-refractivity contribution in [2.24, 2.45) is 5.92 Å². The molecule has 0 aliphatic heterocycles. The van der Waals surface area contributed by atoms with Crippen LogP contribution in [0.3, 0.4) is 0 Å². The van der Waals surface area contributed by atoms with Gasteiger partial charge in [0.25, 0.3) is 0 Å². The van der Waals surface area contributed by atoms with E-state index >= 15 is 4.39 Å². The Morgan fingerprint density at radius 3 is 1.85 bits per heavy atom. The Kier molecular flexibility index (Phi) is 7.63. The molecule has 1 aliphatic carbocycles. The molecule has 4 nitrogen and oxygen atoms in total. The Bertz CT molecular complexity index is 1360. The van der Waals surface area contributed by atoms with Crippen LogP contribution in [0, 0.1) is 17.6 Å². The van der Waals surface area contributed by atoms with Crippen molar-refractivity contribution in [1.29, 1.82) is 0 Å². The summed E-state index contributed by atoms with van der Waals surface area (Å²) in [5.74, 6) is -1.17. The summed E-state index contributed by atoms with van der Waals surface area (Å²) >= 11 is 0. The SMILES string of the molecule is CC(C)(O)c1cc(C(O)(CN(Cc2ccccc2)Cc2ccccc2)C2CC2)nc(-c2ccc(F)cc2)c1F. The molecule has 0 amide bonds. The van der Waals surface area contributed by atoms with Gasteiger partial charge in [-0.05, 0) is 74.1 Å². The largest absolute Gasteiger partial charge is 0.386 e. The first kappa shape index (κ1) is 27.1. The number of pyridine rings is 1. The molecule has 3 aromatic carbocycles. The van der Waals surface area contributed by atoms with Gasteiger partial charge in [-0.1, -0.05) is 60.7 Å². The average molecular weight is 529 g/mol. The first-order valence-electron chi connectivity index (χ1n) is 13.4. The van der Waals surface area contributed by atoms with E-state index in [1.807, 2.05) is 36.4 Å². The number of rotatable bonds is 10. The van der Waals surface area contributed by atoms with Crippen molar-refractivity contribution < 1.29 is 19.0 Å². The highest BCUT2D eigenvalue weighted by atomic mass is 19.1. The van der Waals surface area contributed by atoms with E-state index in [0.29, 0.717) is 24.3 Å². The second kappa shape index (κ2) is 11.0. The van der Waals surface area contributed by atoms with E-state index < -0.39 is 22.8 Å². The van der Waals surface area contributed by atoms with E-state index in [2.05, 4.69) is 34.1 Å². The summed E-state index contributed by atoms with van der Waals surface area (Å²) in [7, 11) is 0. The molecule has 2 N–H and O–H groups in total. The zero-order chi connectivity index (χ0) is 27.6. The van der Waals surface area contributed by atoms with Gasteiger partial charge in [-0.25, -0.2) is 13.8 Å². The molecule has 1 atom stereocenters. The molecule has 0 spiro atoms. The number of aromatic nitrogens is 1. The Labute approximate surface area is 228 Å². The predicted molar refractivity (Wildman–Crippen MR) is 148 cm³/mol. The molecular formula is C33H34F2N2O2. The van der Waals surface area contributed by atoms with Gasteiger partial charge in [0.2, 0.25) is 0 Å². The van der Waals surface area contributed by atoms with Crippen LogP contribution < -0.4 is 0 Å². The van der Waals surface area contributed by atoms with Crippen LogP contribution in [-0.2, 0) is 24.3 Å². The van der Waals surface area contributed by atoms with E-state index in [4.69, 9.17) is 0 Å². The maximum atomic E-state index is 15.8. The molecule has 1 aromatic heterocycles. The van der Waals surface area contributed by atoms with Gasteiger partial charge < -0.3 is 10.2 Å². The minimum absolute atomic E-state index is 0.0126. The lowest BCUT2D eigenvalue weighted by Gasteiger charge is -2.35. The minimum atomic E-state index is -1.52. The third kappa shape index (κ3) is 6.25. The van der Waals surface area contributed by atoms with Gasteiger partial charge in [0.15, 0.2) is 5.82 Å². The fraction of sp³-hybridized carbons (Fsp3) is 0.303. The van der Waals surface area contributed by atoms with E-state index in [1.165, 1.54) is 44.2 Å². The van der Waals surface area contributed by atoms with Crippen LogP contribution in [0.2, 0.25) is 0 Å². The van der Waals surface area contributed by atoms with E-state index in [1.54, 1.807) is 0 Å². The summed E-state index contributed by atoms with van der Waals surface area (Å²) in [6, 6.07) is 27.1. The standard InChI is InChI=1S/C33H34F2N2O2/c1-32(2,38)28-19-29(36-31(30(28)35)25-13-17-27(34)18-14-25)33(39,26-15-16-26)22-37(20-23-9-5-3-6-10-23)21-24-11-7-4-8-12-24/h3-14,17-19,26,38-39H,15-16,20-22H2,1-2H3. The van der Waals surface area contributed by atoms with Crippen LogP contribution in [0.15, 0.2) is 91.0 Å². The van der Waals surface area contributed by atoms with Crippen molar-refractivity contribution in [2.75, 3.05) is 6.54 Å². The van der Waals surface area contributed by atoms with Crippen LogP contribution in [0.5, 0.6) is 0 Å². The lowest BCUT2D eigenvalue weighted by molar-refractivity contribution is -0.0295. The second-order valence-electron chi connectivity index (χ2n) is 11.1. The zero-order valence-corrected chi connectivity index (χ0v) is 22.3. The van der Waals surface area contributed by atoms with Crippen molar-refractivity contribution in [3.63, 3.8) is 0 Å². The maximum Gasteiger partial charge on any atom is 0.155 e. The van der Waals surface area contributed by atoms with Crippen LogP contribution >= 0.6 is 0 Å². The van der Waals surface area contributed by atoms with Gasteiger partial charge in [-0.15, -0.1) is 0 Å². The number of hydrogen-bond donors (Lipinski definition) is 2. The molecule has 39 heavy (non-hydrogen) atoms. The van der Waals surface area contributed by atoms with Crippen molar-refractivity contribution in [3.8, 4) is 11.3 Å². The monoisotopic (exact) mass is 528 g/mol. The van der Waals surface area contributed by atoms with Gasteiger partial charge in [0.05, 0.1) is 11.3 Å². The first-order chi connectivity index (χ1) is 18.6. The van der Waals surface area contributed by atoms with Crippen molar-refractivity contribution in [2.45, 2.75) is 51.0 Å². The Morgan fingerprint density at radius 2 is 1.36 bits per heavy atom. The van der Waals surface area contributed by atoms with E-state index in [-0.39, 0.29) is 23.7 Å². The molecule has 6 heteroatoms. The number of aliphatic hydroxyl groups is 2. The fourth-order valence-electron chi connectivity index (χ4n) is 5.17. The number of nitrogens with zero attached hydrogens (tertiary/aromatic N) is 2. The molecule has 1 unspecified atom stereocenters. The molecule has 1 fully saturated rings. The smallest absolute Gasteiger partial charge is 0.155 e. The summed E-state index contributed by atoms with van der Waals surface area (Å²) in [5, 5.41) is 23.3. The Balaban J connectivity index is 1.59. The number of benzene rings is 3. The summed E-state index contributed by atoms with van der Waals surface area (Å²) in [6.45, 7) is 4.51. The fourth-order valence-corrected chi connectivity index (χ4v) is 5.17. The van der Waals surface area contributed by atoms with Crippen molar-refractivity contribution in [3.05, 3.63) is 125 Å². The Morgan fingerprint density at radius 1 is 0.821 bits per heavy atom. The molecule has 1 saturated carbocycles. The van der Waals surface area contributed by atoms with Gasteiger partial charge in [-0.2, -0.15) is 0 Å². The maximum absolute atomic E-state index is 15.8. The highest BCUT2D eigenvalue weighted by Gasteiger charge is 2.48. The lowest BCUT2D eigenvalue weighted by atomic mass is 9.87. The molecule has 202 valence electrons. The molecule has 0 radical (unpaired) electrons. The van der Waals surface area contributed by atoms with Crippen LogP contribution in [-0.4, -0.2) is 26.6 Å². The molecule has 1 heterocycles. The van der Waals surface area contributed by atoms with Crippen LogP contribution in [0.1, 0.15) is 49.1 Å². The average Bonchev–Trinajstić information content (AvgIpc) is 3.76. The molecule has 1 aliphatic rings. The summed E-state index contributed by atoms with van der Waals surface area (Å²) in [5.41, 5.74) is 0.0512. The number of hydrogen-bond acceptors (Lipinski definition) is 4. The topological polar surface area (TPSA) is 56.6 Å².